The quantitative estimate of drug-likeness (QED) is 0.713. The van der Waals surface area contributed by atoms with E-state index in [9.17, 15) is 5.11 Å². The van der Waals surface area contributed by atoms with E-state index in [0.29, 0.717) is 11.9 Å². The molecule has 1 aromatic heterocycles. The summed E-state index contributed by atoms with van der Waals surface area (Å²) >= 11 is 0. The first kappa shape index (κ1) is 11.1. The first-order chi connectivity index (χ1) is 7.54. The summed E-state index contributed by atoms with van der Waals surface area (Å²) in [7, 11) is 0. The van der Waals surface area contributed by atoms with Crippen LogP contribution in [0.4, 0.5) is 11.6 Å². The molecule has 0 aromatic carbocycles. The summed E-state index contributed by atoms with van der Waals surface area (Å²) in [5.74, 6) is 2.26. The SMILES string of the molecule is CC(C)c1nc(N)cc(NC2CC(O)C2)n1. The van der Waals surface area contributed by atoms with Crippen LogP contribution in [0.25, 0.3) is 0 Å². The van der Waals surface area contributed by atoms with Crippen molar-refractivity contribution in [2.24, 2.45) is 0 Å². The Morgan fingerprint density at radius 3 is 2.69 bits per heavy atom. The van der Waals surface area contributed by atoms with Crippen molar-refractivity contribution in [1.29, 1.82) is 0 Å². The molecule has 1 heterocycles. The number of nitrogens with one attached hydrogen (secondary N) is 1. The van der Waals surface area contributed by atoms with Crippen LogP contribution in [0.15, 0.2) is 6.07 Å². The molecular formula is C11H18N4O. The van der Waals surface area contributed by atoms with Crippen molar-refractivity contribution < 1.29 is 5.11 Å². The van der Waals surface area contributed by atoms with Crippen LogP contribution >= 0.6 is 0 Å². The summed E-state index contributed by atoms with van der Waals surface area (Å²) in [6.07, 6.45) is 1.39. The normalized spacial score (nSPS) is 24.2. The Kier molecular flexibility index (Phi) is 2.96. The smallest absolute Gasteiger partial charge is 0.135 e. The zero-order valence-electron chi connectivity index (χ0n) is 9.64. The van der Waals surface area contributed by atoms with E-state index in [-0.39, 0.29) is 12.0 Å². The van der Waals surface area contributed by atoms with Gasteiger partial charge in [-0.05, 0) is 12.8 Å². The van der Waals surface area contributed by atoms with E-state index in [4.69, 9.17) is 5.73 Å². The second-order valence-corrected chi connectivity index (χ2v) is 4.66. The molecule has 1 aromatic rings. The van der Waals surface area contributed by atoms with Crippen molar-refractivity contribution in [2.45, 2.75) is 44.8 Å². The highest BCUT2D eigenvalue weighted by Crippen LogP contribution is 2.24. The van der Waals surface area contributed by atoms with E-state index in [1.807, 2.05) is 13.8 Å². The second-order valence-electron chi connectivity index (χ2n) is 4.66. The van der Waals surface area contributed by atoms with Gasteiger partial charge in [-0.25, -0.2) is 9.97 Å². The topological polar surface area (TPSA) is 84.1 Å². The summed E-state index contributed by atoms with van der Waals surface area (Å²) in [5, 5.41) is 12.5. The predicted octanol–water partition coefficient (Wildman–Crippen LogP) is 1.12. The third-order valence-corrected chi connectivity index (χ3v) is 2.74. The van der Waals surface area contributed by atoms with Gasteiger partial charge in [0.1, 0.15) is 17.5 Å². The fraction of sp³-hybridized carbons (Fsp3) is 0.636. The molecule has 0 aliphatic heterocycles. The van der Waals surface area contributed by atoms with Gasteiger partial charge in [-0.15, -0.1) is 0 Å². The molecule has 1 aliphatic rings. The molecule has 2 rings (SSSR count). The average Bonchev–Trinajstić information content (AvgIpc) is 2.14. The summed E-state index contributed by atoms with van der Waals surface area (Å²) in [4.78, 5) is 8.57. The number of nitrogen functional groups attached to an aromatic ring is 1. The molecule has 88 valence electrons. The van der Waals surface area contributed by atoms with Crippen LogP contribution < -0.4 is 11.1 Å². The Bertz CT molecular complexity index is 374. The van der Waals surface area contributed by atoms with Crippen LogP contribution in [0.5, 0.6) is 0 Å². The molecule has 0 unspecified atom stereocenters. The number of nitrogens with zero attached hydrogens (tertiary/aromatic N) is 2. The maximum atomic E-state index is 9.20. The molecule has 16 heavy (non-hydrogen) atoms. The van der Waals surface area contributed by atoms with Gasteiger partial charge in [-0.3, -0.25) is 0 Å². The highest BCUT2D eigenvalue weighted by atomic mass is 16.3. The molecule has 1 aliphatic carbocycles. The first-order valence-electron chi connectivity index (χ1n) is 5.63. The third kappa shape index (κ3) is 2.41. The molecule has 5 nitrogen and oxygen atoms in total. The Labute approximate surface area is 95.1 Å². The van der Waals surface area contributed by atoms with E-state index >= 15 is 0 Å². The average molecular weight is 222 g/mol. The lowest BCUT2D eigenvalue weighted by Gasteiger charge is -2.32. The van der Waals surface area contributed by atoms with Crippen molar-refractivity contribution in [3.63, 3.8) is 0 Å². The number of hydrogen-bond acceptors (Lipinski definition) is 5. The largest absolute Gasteiger partial charge is 0.393 e. The van der Waals surface area contributed by atoms with E-state index in [0.717, 1.165) is 24.5 Å². The number of aromatic nitrogens is 2. The number of anilines is 2. The monoisotopic (exact) mass is 222 g/mol. The highest BCUT2D eigenvalue weighted by Gasteiger charge is 2.27. The molecule has 0 atom stereocenters. The van der Waals surface area contributed by atoms with E-state index in [1.54, 1.807) is 6.07 Å². The van der Waals surface area contributed by atoms with Crippen molar-refractivity contribution in [3.05, 3.63) is 11.9 Å². The Morgan fingerprint density at radius 1 is 1.44 bits per heavy atom. The summed E-state index contributed by atoms with van der Waals surface area (Å²) < 4.78 is 0. The molecule has 4 N–H and O–H groups in total. The molecule has 0 spiro atoms. The fourth-order valence-corrected chi connectivity index (χ4v) is 1.73. The van der Waals surface area contributed by atoms with Crippen LogP contribution in [0, 0.1) is 0 Å². The van der Waals surface area contributed by atoms with Crippen LogP contribution in [-0.4, -0.2) is 27.2 Å². The Balaban J connectivity index is 2.08. The minimum Gasteiger partial charge on any atom is -0.393 e. The zero-order valence-corrected chi connectivity index (χ0v) is 9.64. The van der Waals surface area contributed by atoms with Gasteiger partial charge in [0.2, 0.25) is 0 Å². The van der Waals surface area contributed by atoms with Crippen LogP contribution in [0.3, 0.4) is 0 Å². The first-order valence-corrected chi connectivity index (χ1v) is 5.63. The van der Waals surface area contributed by atoms with Crippen LogP contribution in [0.1, 0.15) is 38.4 Å². The molecule has 0 radical (unpaired) electrons. The number of rotatable bonds is 3. The van der Waals surface area contributed by atoms with Gasteiger partial charge in [-0.1, -0.05) is 13.8 Å². The summed E-state index contributed by atoms with van der Waals surface area (Å²) in [5.41, 5.74) is 5.72. The van der Waals surface area contributed by atoms with E-state index < -0.39 is 0 Å². The minimum absolute atomic E-state index is 0.166. The van der Waals surface area contributed by atoms with Gasteiger partial charge < -0.3 is 16.2 Å². The van der Waals surface area contributed by atoms with Crippen molar-refractivity contribution >= 4 is 11.6 Å². The lowest BCUT2D eigenvalue weighted by atomic mass is 9.89. The lowest BCUT2D eigenvalue weighted by molar-refractivity contribution is 0.0835. The molecule has 0 amide bonds. The molecule has 1 saturated carbocycles. The second kappa shape index (κ2) is 4.25. The maximum Gasteiger partial charge on any atom is 0.135 e. The summed E-state index contributed by atoms with van der Waals surface area (Å²) in [6.45, 7) is 4.07. The number of hydrogen-bond donors (Lipinski definition) is 3. The number of aliphatic hydroxyl groups excluding tert-OH is 1. The van der Waals surface area contributed by atoms with Crippen molar-refractivity contribution in [1.82, 2.24) is 9.97 Å². The standard InChI is InChI=1S/C11H18N4O/c1-6(2)11-14-9(12)5-10(15-11)13-7-3-8(16)4-7/h5-8,16H,3-4H2,1-2H3,(H3,12,13,14,15). The molecule has 0 bridgehead atoms. The Hall–Kier alpha value is -1.36. The van der Waals surface area contributed by atoms with Crippen LogP contribution in [-0.2, 0) is 0 Å². The van der Waals surface area contributed by atoms with Crippen LogP contribution in [0.2, 0.25) is 0 Å². The van der Waals surface area contributed by atoms with Gasteiger partial charge in [-0.2, -0.15) is 0 Å². The predicted molar refractivity (Wildman–Crippen MR) is 63.2 cm³/mol. The molecule has 1 fully saturated rings. The van der Waals surface area contributed by atoms with Gasteiger partial charge in [0, 0.05) is 18.0 Å². The van der Waals surface area contributed by atoms with Crippen molar-refractivity contribution in [2.75, 3.05) is 11.1 Å². The molecular weight excluding hydrogens is 204 g/mol. The zero-order chi connectivity index (χ0) is 11.7. The van der Waals surface area contributed by atoms with E-state index in [1.165, 1.54) is 0 Å². The summed E-state index contributed by atoms with van der Waals surface area (Å²) in [6, 6.07) is 2.04. The van der Waals surface area contributed by atoms with Gasteiger partial charge >= 0.3 is 0 Å². The highest BCUT2D eigenvalue weighted by molar-refractivity contribution is 5.46. The fourth-order valence-electron chi connectivity index (χ4n) is 1.73. The minimum atomic E-state index is -0.166. The van der Waals surface area contributed by atoms with Crippen molar-refractivity contribution in [3.8, 4) is 0 Å². The lowest BCUT2D eigenvalue weighted by Crippen LogP contribution is -2.39. The van der Waals surface area contributed by atoms with E-state index in [2.05, 4.69) is 15.3 Å². The number of aliphatic hydroxyl groups is 1. The third-order valence-electron chi connectivity index (χ3n) is 2.74. The molecule has 5 heteroatoms. The van der Waals surface area contributed by atoms with Gasteiger partial charge in [0.05, 0.1) is 6.10 Å². The molecule has 0 saturated heterocycles. The number of nitrogens with two attached hydrogens (primary N) is 1. The Morgan fingerprint density at radius 2 is 2.12 bits per heavy atom. The maximum absolute atomic E-state index is 9.20. The van der Waals surface area contributed by atoms with Gasteiger partial charge in [0.15, 0.2) is 0 Å². The van der Waals surface area contributed by atoms with Gasteiger partial charge in [0.25, 0.3) is 0 Å².